The van der Waals surface area contributed by atoms with E-state index in [4.69, 9.17) is 24.2 Å². The lowest BCUT2D eigenvalue weighted by atomic mass is 9.90. The maximum atomic E-state index is 9.06. The standard InChI is InChI=1S/C20H29NO4/c1-22-13-14-24-16-25-20-8-7-18(9-11-21)19(20)10-12-23-15-17-5-3-2-4-6-17/h2-6,18-20H,7-10,12-16H2,1H3/t18-,19+,20-/m1/s1. The van der Waals surface area contributed by atoms with E-state index < -0.39 is 0 Å². The summed E-state index contributed by atoms with van der Waals surface area (Å²) in [7, 11) is 1.65. The number of hydrogen-bond donors (Lipinski definition) is 0. The molecule has 138 valence electrons. The van der Waals surface area contributed by atoms with Crippen LogP contribution in [0.25, 0.3) is 0 Å². The predicted octanol–water partition coefficient (Wildman–Crippen LogP) is 3.54. The number of ether oxygens (including phenoxy) is 4. The molecular formula is C20H29NO4. The zero-order chi connectivity index (χ0) is 17.7. The van der Waals surface area contributed by atoms with Crippen LogP contribution >= 0.6 is 0 Å². The number of rotatable bonds is 12. The summed E-state index contributed by atoms with van der Waals surface area (Å²) in [6.07, 6.45) is 3.69. The number of nitriles is 1. The van der Waals surface area contributed by atoms with Gasteiger partial charge in [-0.1, -0.05) is 30.3 Å². The van der Waals surface area contributed by atoms with E-state index in [-0.39, 0.29) is 12.9 Å². The molecule has 1 aromatic rings. The van der Waals surface area contributed by atoms with Gasteiger partial charge in [-0.3, -0.25) is 0 Å². The van der Waals surface area contributed by atoms with Crippen LogP contribution in [-0.2, 0) is 25.6 Å². The average Bonchev–Trinajstić information content (AvgIpc) is 3.02. The van der Waals surface area contributed by atoms with Crippen molar-refractivity contribution in [1.29, 1.82) is 5.26 Å². The van der Waals surface area contributed by atoms with Crippen LogP contribution in [0.1, 0.15) is 31.2 Å². The molecule has 0 aromatic heterocycles. The Labute approximate surface area is 150 Å². The molecule has 2 rings (SSSR count). The lowest BCUT2D eigenvalue weighted by Crippen LogP contribution is -2.25. The van der Waals surface area contributed by atoms with Crippen LogP contribution in [0, 0.1) is 23.2 Å². The number of benzene rings is 1. The molecule has 0 bridgehead atoms. The lowest BCUT2D eigenvalue weighted by molar-refractivity contribution is -0.111. The van der Waals surface area contributed by atoms with Gasteiger partial charge >= 0.3 is 0 Å². The van der Waals surface area contributed by atoms with Gasteiger partial charge in [0.2, 0.25) is 0 Å². The Morgan fingerprint density at radius 3 is 2.68 bits per heavy atom. The fourth-order valence-electron chi connectivity index (χ4n) is 3.43. The highest BCUT2D eigenvalue weighted by molar-refractivity contribution is 5.13. The van der Waals surface area contributed by atoms with E-state index in [0.717, 1.165) is 19.3 Å². The summed E-state index contributed by atoms with van der Waals surface area (Å²) >= 11 is 0. The Hall–Kier alpha value is -1.45. The Bertz CT molecular complexity index is 502. The smallest absolute Gasteiger partial charge is 0.147 e. The minimum absolute atomic E-state index is 0.154. The Morgan fingerprint density at radius 2 is 1.92 bits per heavy atom. The van der Waals surface area contributed by atoms with Crippen molar-refractivity contribution >= 4 is 0 Å². The molecule has 1 aromatic carbocycles. The minimum atomic E-state index is 0.154. The summed E-state index contributed by atoms with van der Waals surface area (Å²) < 4.78 is 22.1. The molecule has 25 heavy (non-hydrogen) atoms. The van der Waals surface area contributed by atoms with Gasteiger partial charge < -0.3 is 18.9 Å². The molecule has 1 saturated carbocycles. The van der Waals surface area contributed by atoms with Crippen LogP contribution in [0.3, 0.4) is 0 Å². The van der Waals surface area contributed by atoms with Gasteiger partial charge in [0, 0.05) is 20.1 Å². The predicted molar refractivity (Wildman–Crippen MR) is 94.7 cm³/mol. The minimum Gasteiger partial charge on any atom is -0.382 e. The first-order valence-electron chi connectivity index (χ1n) is 9.02. The molecule has 5 heteroatoms. The molecule has 0 N–H and O–H groups in total. The van der Waals surface area contributed by atoms with Crippen molar-refractivity contribution in [2.24, 2.45) is 11.8 Å². The van der Waals surface area contributed by atoms with E-state index in [1.165, 1.54) is 5.56 Å². The van der Waals surface area contributed by atoms with Gasteiger partial charge in [-0.2, -0.15) is 5.26 Å². The van der Waals surface area contributed by atoms with E-state index in [1.807, 2.05) is 18.2 Å². The number of methoxy groups -OCH3 is 1. The summed E-state index contributed by atoms with van der Waals surface area (Å²) in [5, 5.41) is 9.06. The summed E-state index contributed by atoms with van der Waals surface area (Å²) in [5.41, 5.74) is 1.18. The summed E-state index contributed by atoms with van der Waals surface area (Å²) in [4.78, 5) is 0. The normalized spacial score (nSPS) is 22.8. The molecule has 0 aliphatic heterocycles. The Morgan fingerprint density at radius 1 is 1.08 bits per heavy atom. The van der Waals surface area contributed by atoms with Crippen molar-refractivity contribution in [2.45, 2.75) is 38.4 Å². The molecule has 3 atom stereocenters. The largest absolute Gasteiger partial charge is 0.382 e. The van der Waals surface area contributed by atoms with Gasteiger partial charge in [-0.05, 0) is 36.7 Å². The molecule has 0 saturated heterocycles. The zero-order valence-corrected chi connectivity index (χ0v) is 15.1. The molecule has 0 heterocycles. The van der Waals surface area contributed by atoms with Crippen LogP contribution in [0.4, 0.5) is 0 Å². The SMILES string of the molecule is COCCOCO[C@@H]1CC[C@H](CC#N)[C@@H]1CCOCc1ccccc1. The van der Waals surface area contributed by atoms with Crippen molar-refractivity contribution in [2.75, 3.05) is 33.7 Å². The second kappa shape index (κ2) is 12.0. The van der Waals surface area contributed by atoms with Crippen molar-refractivity contribution in [3.05, 3.63) is 35.9 Å². The van der Waals surface area contributed by atoms with E-state index >= 15 is 0 Å². The maximum Gasteiger partial charge on any atom is 0.147 e. The van der Waals surface area contributed by atoms with E-state index in [1.54, 1.807) is 7.11 Å². The van der Waals surface area contributed by atoms with Crippen LogP contribution in [0.2, 0.25) is 0 Å². The van der Waals surface area contributed by atoms with Gasteiger partial charge in [0.15, 0.2) is 0 Å². The van der Waals surface area contributed by atoms with Gasteiger partial charge in [-0.15, -0.1) is 0 Å². The van der Waals surface area contributed by atoms with E-state index in [0.29, 0.717) is 44.7 Å². The maximum absolute atomic E-state index is 9.06. The third kappa shape index (κ3) is 7.13. The molecule has 5 nitrogen and oxygen atoms in total. The third-order valence-corrected chi connectivity index (χ3v) is 4.76. The first-order valence-corrected chi connectivity index (χ1v) is 9.02. The molecule has 1 fully saturated rings. The van der Waals surface area contributed by atoms with Gasteiger partial charge in [-0.25, -0.2) is 0 Å². The quantitative estimate of drug-likeness (QED) is 0.427. The Kier molecular flexibility index (Phi) is 9.53. The highest BCUT2D eigenvalue weighted by Gasteiger charge is 2.36. The van der Waals surface area contributed by atoms with Gasteiger partial charge in [0.05, 0.1) is 32.0 Å². The second-order valence-electron chi connectivity index (χ2n) is 6.41. The summed E-state index contributed by atoms with van der Waals surface area (Å²) in [6, 6.07) is 12.5. The zero-order valence-electron chi connectivity index (χ0n) is 15.1. The van der Waals surface area contributed by atoms with Crippen LogP contribution in [0.5, 0.6) is 0 Å². The number of hydrogen-bond acceptors (Lipinski definition) is 5. The summed E-state index contributed by atoms with van der Waals surface area (Å²) in [6.45, 7) is 2.71. The van der Waals surface area contributed by atoms with Gasteiger partial charge in [0.1, 0.15) is 6.79 Å². The number of nitrogens with zero attached hydrogens (tertiary/aromatic N) is 1. The lowest BCUT2D eigenvalue weighted by Gasteiger charge is -2.24. The molecular weight excluding hydrogens is 318 g/mol. The molecule has 1 aliphatic carbocycles. The van der Waals surface area contributed by atoms with Crippen molar-refractivity contribution in [3.8, 4) is 6.07 Å². The summed E-state index contributed by atoms with van der Waals surface area (Å²) in [5.74, 6) is 0.760. The van der Waals surface area contributed by atoms with E-state index in [2.05, 4.69) is 18.2 Å². The third-order valence-electron chi connectivity index (χ3n) is 4.76. The highest BCUT2D eigenvalue weighted by Crippen LogP contribution is 2.38. The topological polar surface area (TPSA) is 60.7 Å². The molecule has 0 amide bonds. The molecule has 1 aliphatic rings. The highest BCUT2D eigenvalue weighted by atomic mass is 16.7. The molecule has 0 unspecified atom stereocenters. The van der Waals surface area contributed by atoms with Crippen molar-refractivity contribution in [1.82, 2.24) is 0 Å². The molecule has 0 spiro atoms. The van der Waals surface area contributed by atoms with Crippen LogP contribution < -0.4 is 0 Å². The van der Waals surface area contributed by atoms with Crippen LogP contribution in [-0.4, -0.2) is 39.8 Å². The molecule has 0 radical (unpaired) electrons. The first kappa shape index (κ1) is 19.9. The average molecular weight is 347 g/mol. The van der Waals surface area contributed by atoms with Crippen molar-refractivity contribution < 1.29 is 18.9 Å². The van der Waals surface area contributed by atoms with Crippen molar-refractivity contribution in [3.63, 3.8) is 0 Å². The first-order chi connectivity index (χ1) is 12.3. The monoisotopic (exact) mass is 347 g/mol. The van der Waals surface area contributed by atoms with E-state index in [9.17, 15) is 0 Å². The Balaban J connectivity index is 1.72. The van der Waals surface area contributed by atoms with Crippen LogP contribution in [0.15, 0.2) is 30.3 Å². The second-order valence-corrected chi connectivity index (χ2v) is 6.41. The van der Waals surface area contributed by atoms with Gasteiger partial charge in [0.25, 0.3) is 0 Å². The fourth-order valence-corrected chi connectivity index (χ4v) is 3.43. The fraction of sp³-hybridized carbons (Fsp3) is 0.650.